The quantitative estimate of drug-likeness (QED) is 0.502. The van der Waals surface area contributed by atoms with E-state index in [1.165, 1.54) is 0 Å². The molecule has 0 saturated heterocycles. The van der Waals surface area contributed by atoms with Crippen LogP contribution < -0.4 is 5.56 Å². The second-order valence-corrected chi connectivity index (χ2v) is 5.08. The molecule has 8 heteroatoms. The molecule has 4 aromatic rings. The van der Waals surface area contributed by atoms with Crippen LogP contribution in [0.5, 0.6) is 0 Å². The molecule has 4 rings (SSSR count). The number of fused-ring (bicyclic) bond motifs is 2. The molecule has 22 heavy (non-hydrogen) atoms. The Balaban J connectivity index is 0.000000131. The summed E-state index contributed by atoms with van der Waals surface area (Å²) in [5, 5.41) is 0.502. The Morgan fingerprint density at radius 1 is 1.00 bits per heavy atom. The van der Waals surface area contributed by atoms with Crippen LogP contribution >= 0.6 is 11.6 Å². The Morgan fingerprint density at radius 2 is 1.64 bits per heavy atom. The summed E-state index contributed by atoms with van der Waals surface area (Å²) in [6.45, 7) is 0. The first-order valence-electron chi connectivity index (χ1n) is 6.48. The molecule has 1 N–H and O–H groups in total. The van der Waals surface area contributed by atoms with Gasteiger partial charge in [-0.3, -0.25) is 4.79 Å². The van der Waals surface area contributed by atoms with Crippen LogP contribution in [0.15, 0.2) is 42.0 Å². The summed E-state index contributed by atoms with van der Waals surface area (Å²) < 4.78 is 3.55. The fourth-order valence-electron chi connectivity index (χ4n) is 2.17. The number of aromatic nitrogens is 6. The summed E-state index contributed by atoms with van der Waals surface area (Å²) in [7, 11) is 3.69. The van der Waals surface area contributed by atoms with Gasteiger partial charge in [-0.05, 0) is 12.1 Å². The molecule has 4 heterocycles. The third-order valence-electron chi connectivity index (χ3n) is 3.22. The van der Waals surface area contributed by atoms with Crippen LogP contribution in [0.1, 0.15) is 0 Å². The minimum Gasteiger partial charge on any atom is -0.331 e. The van der Waals surface area contributed by atoms with E-state index < -0.39 is 0 Å². The van der Waals surface area contributed by atoms with E-state index in [-0.39, 0.29) is 5.56 Å². The minimum absolute atomic E-state index is 0.0949. The molecule has 0 amide bonds. The third-order valence-corrected chi connectivity index (χ3v) is 3.49. The van der Waals surface area contributed by atoms with Gasteiger partial charge in [0.05, 0.1) is 23.7 Å². The molecule has 112 valence electrons. The van der Waals surface area contributed by atoms with Crippen LogP contribution in [0, 0.1) is 0 Å². The van der Waals surface area contributed by atoms with Gasteiger partial charge in [-0.25, -0.2) is 15.0 Å². The largest absolute Gasteiger partial charge is 0.331 e. The number of imidazole rings is 2. The summed E-state index contributed by atoms with van der Waals surface area (Å²) in [6.07, 6.45) is 6.59. The average Bonchev–Trinajstić information content (AvgIpc) is 3.06. The van der Waals surface area contributed by atoms with Crippen molar-refractivity contribution in [1.82, 2.24) is 29.1 Å². The average molecular weight is 317 g/mol. The molecule has 0 unspecified atom stereocenters. The summed E-state index contributed by atoms with van der Waals surface area (Å²) in [4.78, 5) is 25.8. The number of rotatable bonds is 0. The Labute approximate surface area is 130 Å². The van der Waals surface area contributed by atoms with Crippen molar-refractivity contribution in [1.29, 1.82) is 0 Å². The standard InChI is InChI=1S/C7H6ClN3.C7H7N3O/c1-11-4-10-5-2-3-9-7(8)6(5)11;1-10-4-9-5-2-3-8-7(11)6(5)10/h2-4H,1H3;2-4H,1H3,(H,8,11). The van der Waals surface area contributed by atoms with Crippen molar-refractivity contribution in [3.63, 3.8) is 0 Å². The zero-order valence-corrected chi connectivity index (χ0v) is 12.7. The summed E-state index contributed by atoms with van der Waals surface area (Å²) >= 11 is 5.83. The lowest BCUT2D eigenvalue weighted by atomic mass is 10.4. The second-order valence-electron chi connectivity index (χ2n) is 4.72. The fraction of sp³-hybridized carbons (Fsp3) is 0.143. The Kier molecular flexibility index (Phi) is 3.64. The first-order valence-corrected chi connectivity index (χ1v) is 6.86. The smallest absolute Gasteiger partial charge is 0.274 e. The van der Waals surface area contributed by atoms with E-state index in [2.05, 4.69) is 19.9 Å². The van der Waals surface area contributed by atoms with Crippen LogP contribution in [-0.4, -0.2) is 29.1 Å². The summed E-state index contributed by atoms with van der Waals surface area (Å²) in [6, 6.07) is 3.61. The molecule has 4 aromatic heterocycles. The highest BCUT2D eigenvalue weighted by Crippen LogP contribution is 2.18. The van der Waals surface area contributed by atoms with Crippen LogP contribution in [0.25, 0.3) is 22.1 Å². The molecular formula is C14H13ClN6O. The molecule has 0 atom stereocenters. The predicted octanol–water partition coefficient (Wildman–Crippen LogP) is 1.88. The van der Waals surface area contributed by atoms with E-state index in [4.69, 9.17) is 11.6 Å². The van der Waals surface area contributed by atoms with E-state index >= 15 is 0 Å². The van der Waals surface area contributed by atoms with Crippen molar-refractivity contribution in [2.45, 2.75) is 0 Å². The lowest BCUT2D eigenvalue weighted by Gasteiger charge is -1.94. The van der Waals surface area contributed by atoms with E-state index in [1.54, 1.807) is 42.7 Å². The summed E-state index contributed by atoms with van der Waals surface area (Å²) in [5.74, 6) is 0. The van der Waals surface area contributed by atoms with Crippen LogP contribution in [0.3, 0.4) is 0 Å². The molecule has 0 aromatic carbocycles. The van der Waals surface area contributed by atoms with Crippen molar-refractivity contribution in [2.24, 2.45) is 14.1 Å². The van der Waals surface area contributed by atoms with Crippen LogP contribution in [-0.2, 0) is 14.1 Å². The Morgan fingerprint density at radius 3 is 2.27 bits per heavy atom. The molecule has 0 aliphatic heterocycles. The maximum absolute atomic E-state index is 11.1. The molecule has 0 bridgehead atoms. The number of nitrogens with zero attached hydrogens (tertiary/aromatic N) is 5. The second kappa shape index (κ2) is 5.61. The monoisotopic (exact) mass is 316 g/mol. The molecule has 0 radical (unpaired) electrons. The molecule has 0 aliphatic carbocycles. The van der Waals surface area contributed by atoms with Gasteiger partial charge in [0.1, 0.15) is 11.0 Å². The fourth-order valence-corrected chi connectivity index (χ4v) is 2.45. The van der Waals surface area contributed by atoms with E-state index in [9.17, 15) is 4.79 Å². The van der Waals surface area contributed by atoms with Gasteiger partial charge in [-0.2, -0.15) is 0 Å². The Hall–Kier alpha value is -2.67. The van der Waals surface area contributed by atoms with Gasteiger partial charge >= 0.3 is 0 Å². The van der Waals surface area contributed by atoms with Crippen molar-refractivity contribution in [3.05, 3.63) is 52.7 Å². The number of hydrogen-bond donors (Lipinski definition) is 1. The number of halogens is 1. The number of nitrogens with one attached hydrogen (secondary N) is 1. The molecule has 0 saturated carbocycles. The first kappa shape index (κ1) is 14.3. The van der Waals surface area contributed by atoms with E-state index in [1.807, 2.05) is 17.7 Å². The van der Waals surface area contributed by atoms with Gasteiger partial charge in [0, 0.05) is 26.5 Å². The maximum atomic E-state index is 11.1. The molecular weight excluding hydrogens is 304 g/mol. The highest BCUT2D eigenvalue weighted by molar-refractivity contribution is 6.33. The van der Waals surface area contributed by atoms with Crippen LogP contribution in [0.2, 0.25) is 5.15 Å². The van der Waals surface area contributed by atoms with Crippen molar-refractivity contribution < 1.29 is 0 Å². The topological polar surface area (TPSA) is 81.4 Å². The van der Waals surface area contributed by atoms with Crippen LogP contribution in [0.4, 0.5) is 0 Å². The van der Waals surface area contributed by atoms with E-state index in [0.717, 1.165) is 16.6 Å². The van der Waals surface area contributed by atoms with Crippen molar-refractivity contribution in [3.8, 4) is 0 Å². The number of hydrogen-bond acceptors (Lipinski definition) is 4. The van der Waals surface area contributed by atoms with Gasteiger partial charge in [0.2, 0.25) is 0 Å². The Bertz CT molecular complexity index is 999. The van der Waals surface area contributed by atoms with Gasteiger partial charge in [-0.1, -0.05) is 11.6 Å². The van der Waals surface area contributed by atoms with Crippen molar-refractivity contribution >= 4 is 33.7 Å². The first-order chi connectivity index (χ1) is 10.6. The number of aryl methyl sites for hydroxylation is 2. The van der Waals surface area contributed by atoms with Crippen molar-refractivity contribution in [2.75, 3.05) is 0 Å². The lowest BCUT2D eigenvalue weighted by Crippen LogP contribution is -2.07. The molecule has 0 spiro atoms. The highest BCUT2D eigenvalue weighted by Gasteiger charge is 2.03. The zero-order valence-electron chi connectivity index (χ0n) is 12.0. The number of aromatic amines is 1. The normalized spacial score (nSPS) is 10.7. The SMILES string of the molecule is Cn1cnc2cc[nH]c(=O)c21.Cn1cnc2ccnc(Cl)c21. The summed E-state index contributed by atoms with van der Waals surface area (Å²) in [5.41, 5.74) is 3.02. The molecule has 0 aliphatic rings. The maximum Gasteiger partial charge on any atom is 0.274 e. The number of pyridine rings is 2. The van der Waals surface area contributed by atoms with Gasteiger partial charge in [-0.15, -0.1) is 0 Å². The third kappa shape index (κ3) is 2.46. The zero-order chi connectivity index (χ0) is 15.7. The van der Waals surface area contributed by atoms with Gasteiger partial charge in [0.25, 0.3) is 5.56 Å². The van der Waals surface area contributed by atoms with Gasteiger partial charge < -0.3 is 14.1 Å². The van der Waals surface area contributed by atoms with E-state index in [0.29, 0.717) is 10.7 Å². The predicted molar refractivity (Wildman–Crippen MR) is 84.9 cm³/mol. The number of H-pyrrole nitrogens is 1. The molecule has 0 fully saturated rings. The highest BCUT2D eigenvalue weighted by atomic mass is 35.5. The van der Waals surface area contributed by atoms with Gasteiger partial charge in [0.15, 0.2) is 5.15 Å². The lowest BCUT2D eigenvalue weighted by molar-refractivity contribution is 0.939. The molecule has 7 nitrogen and oxygen atoms in total. The minimum atomic E-state index is -0.0949.